The van der Waals surface area contributed by atoms with Gasteiger partial charge in [0, 0.05) is 12.1 Å². The molecule has 0 aliphatic heterocycles. The summed E-state index contributed by atoms with van der Waals surface area (Å²) in [5.74, 6) is 0. The van der Waals surface area contributed by atoms with Crippen LogP contribution in [0.25, 0.3) is 0 Å². The Hall–Kier alpha value is -0.120. The minimum atomic E-state index is -0.181. The Labute approximate surface area is 44.0 Å². The largest absolute Gasteiger partial charge is 0.412 e. The Morgan fingerprint density at radius 2 is 1.57 bits per heavy atom. The summed E-state index contributed by atoms with van der Waals surface area (Å²) in [6.07, 6.45) is 0. The van der Waals surface area contributed by atoms with Crippen molar-refractivity contribution in [2.75, 3.05) is 6.54 Å². The lowest BCUT2D eigenvalue weighted by Gasteiger charge is -2.13. The molecule has 0 rings (SSSR count). The number of rotatable bonds is 1. The zero-order chi connectivity index (χ0) is 5.21. The summed E-state index contributed by atoms with van der Waals surface area (Å²) in [4.78, 5) is 0. The molecule has 0 bridgehead atoms. The lowest BCUT2D eigenvalue weighted by Crippen LogP contribution is -2.40. The summed E-state index contributed by atoms with van der Waals surface area (Å²) < 4.78 is 0. The van der Waals surface area contributed by atoms with Gasteiger partial charge >= 0.3 is 0 Å². The van der Waals surface area contributed by atoms with E-state index in [0.29, 0.717) is 6.54 Å². The lowest BCUT2D eigenvalue weighted by molar-refractivity contribution is 0.532. The first kappa shape index (κ1) is 9.99. The predicted molar refractivity (Wildman–Crippen MR) is 30.9 cm³/mol. The van der Waals surface area contributed by atoms with Crippen molar-refractivity contribution < 1.29 is 5.48 Å². The van der Waals surface area contributed by atoms with Crippen LogP contribution in [0.5, 0.6) is 0 Å². The Kier molecular flexibility index (Phi) is 4.22. The standard InChI is InChI=1S/C4H12N2.H2O/c1-4(2,6)3-5;/h3,5-6H2,1-2H3;1H2. The molecule has 3 heteroatoms. The van der Waals surface area contributed by atoms with Gasteiger partial charge in [0.1, 0.15) is 0 Å². The summed E-state index contributed by atoms with van der Waals surface area (Å²) in [6, 6.07) is 0. The molecule has 0 aromatic rings. The van der Waals surface area contributed by atoms with Crippen LogP contribution in [0, 0.1) is 0 Å². The molecule has 0 saturated carbocycles. The van der Waals surface area contributed by atoms with Crippen LogP contribution >= 0.6 is 0 Å². The van der Waals surface area contributed by atoms with Crippen LogP contribution in [-0.4, -0.2) is 17.6 Å². The zero-order valence-corrected chi connectivity index (χ0v) is 4.86. The molecule has 0 atom stereocenters. The van der Waals surface area contributed by atoms with Gasteiger partial charge in [0.2, 0.25) is 0 Å². The first-order valence-corrected chi connectivity index (χ1v) is 2.05. The van der Waals surface area contributed by atoms with Crippen LogP contribution in [0.4, 0.5) is 0 Å². The molecule has 0 fully saturated rings. The molecule has 6 N–H and O–H groups in total. The van der Waals surface area contributed by atoms with E-state index in [1.54, 1.807) is 0 Å². The van der Waals surface area contributed by atoms with E-state index in [2.05, 4.69) is 0 Å². The molecular formula is C4H14N2O. The molecule has 0 spiro atoms. The average Bonchev–Trinajstić information content (AvgIpc) is 1.35. The molecule has 0 aliphatic rings. The maximum absolute atomic E-state index is 5.41. The van der Waals surface area contributed by atoms with Gasteiger partial charge in [-0.1, -0.05) is 0 Å². The Morgan fingerprint density at radius 3 is 1.57 bits per heavy atom. The third kappa shape index (κ3) is 10.7. The normalized spacial score (nSPS) is 10.3. The van der Waals surface area contributed by atoms with E-state index in [1.807, 2.05) is 13.8 Å². The van der Waals surface area contributed by atoms with Crippen LogP contribution in [0.15, 0.2) is 0 Å². The van der Waals surface area contributed by atoms with E-state index in [-0.39, 0.29) is 11.0 Å². The smallest absolute Gasteiger partial charge is 0.0221 e. The van der Waals surface area contributed by atoms with Gasteiger partial charge in [0.05, 0.1) is 0 Å². The van der Waals surface area contributed by atoms with Gasteiger partial charge in [0.15, 0.2) is 0 Å². The van der Waals surface area contributed by atoms with E-state index >= 15 is 0 Å². The fourth-order valence-corrected chi connectivity index (χ4v) is 0. The molecule has 0 aliphatic carbocycles. The third-order valence-corrected chi connectivity index (χ3v) is 0.526. The van der Waals surface area contributed by atoms with Crippen molar-refractivity contribution in [1.29, 1.82) is 0 Å². The fraction of sp³-hybridized carbons (Fsp3) is 1.00. The highest BCUT2D eigenvalue weighted by Gasteiger charge is 2.04. The van der Waals surface area contributed by atoms with Crippen LogP contribution in [0.3, 0.4) is 0 Å². The number of nitrogens with two attached hydrogens (primary N) is 2. The zero-order valence-electron chi connectivity index (χ0n) is 4.86. The molecule has 7 heavy (non-hydrogen) atoms. The van der Waals surface area contributed by atoms with E-state index < -0.39 is 0 Å². The SMILES string of the molecule is CC(C)(N)CN.O. The van der Waals surface area contributed by atoms with Crippen molar-refractivity contribution in [3.63, 3.8) is 0 Å². The summed E-state index contributed by atoms with van der Waals surface area (Å²) in [7, 11) is 0. The topological polar surface area (TPSA) is 83.5 Å². The van der Waals surface area contributed by atoms with Crippen LogP contribution in [0.2, 0.25) is 0 Å². The molecule has 0 unspecified atom stereocenters. The number of hydrogen-bond acceptors (Lipinski definition) is 2. The van der Waals surface area contributed by atoms with E-state index in [0.717, 1.165) is 0 Å². The van der Waals surface area contributed by atoms with Gasteiger partial charge < -0.3 is 16.9 Å². The van der Waals surface area contributed by atoms with Crippen molar-refractivity contribution in [1.82, 2.24) is 0 Å². The highest BCUT2D eigenvalue weighted by atomic mass is 16.0. The van der Waals surface area contributed by atoms with Crippen LogP contribution in [0.1, 0.15) is 13.8 Å². The lowest BCUT2D eigenvalue weighted by atomic mass is 10.1. The van der Waals surface area contributed by atoms with Crippen molar-refractivity contribution in [3.8, 4) is 0 Å². The molecule has 0 heterocycles. The second-order valence-electron chi connectivity index (χ2n) is 2.19. The highest BCUT2D eigenvalue weighted by Crippen LogP contribution is 1.88. The summed E-state index contributed by atoms with van der Waals surface area (Å²) in [6.45, 7) is 4.34. The molecule has 0 aromatic heterocycles. The summed E-state index contributed by atoms with van der Waals surface area (Å²) >= 11 is 0. The Bertz CT molecular complexity index is 39.4. The van der Waals surface area contributed by atoms with Gasteiger partial charge in [0.25, 0.3) is 0 Å². The second-order valence-corrected chi connectivity index (χ2v) is 2.19. The molecule has 0 saturated heterocycles. The van der Waals surface area contributed by atoms with Crippen molar-refractivity contribution in [2.45, 2.75) is 19.4 Å². The van der Waals surface area contributed by atoms with Gasteiger partial charge in [-0.05, 0) is 13.8 Å². The van der Waals surface area contributed by atoms with Gasteiger partial charge in [-0.3, -0.25) is 0 Å². The van der Waals surface area contributed by atoms with E-state index in [9.17, 15) is 0 Å². The third-order valence-electron chi connectivity index (χ3n) is 0.526. The van der Waals surface area contributed by atoms with E-state index in [1.165, 1.54) is 0 Å². The van der Waals surface area contributed by atoms with Crippen molar-refractivity contribution in [2.24, 2.45) is 11.5 Å². The van der Waals surface area contributed by atoms with Gasteiger partial charge in [-0.15, -0.1) is 0 Å². The molecule has 0 aromatic carbocycles. The van der Waals surface area contributed by atoms with Gasteiger partial charge in [-0.2, -0.15) is 0 Å². The first-order chi connectivity index (χ1) is 2.56. The number of hydrogen-bond donors (Lipinski definition) is 2. The fourth-order valence-electron chi connectivity index (χ4n) is 0. The second kappa shape index (κ2) is 2.96. The van der Waals surface area contributed by atoms with Crippen molar-refractivity contribution in [3.05, 3.63) is 0 Å². The quantitative estimate of drug-likeness (QED) is 0.442. The average molecular weight is 106 g/mol. The van der Waals surface area contributed by atoms with Gasteiger partial charge in [-0.25, -0.2) is 0 Å². The minimum absolute atomic E-state index is 0. The Balaban J connectivity index is 0. The highest BCUT2D eigenvalue weighted by molar-refractivity contribution is 4.70. The maximum atomic E-state index is 5.41. The predicted octanol–water partition coefficient (Wildman–Crippen LogP) is -1.14. The molecule has 0 radical (unpaired) electrons. The summed E-state index contributed by atoms with van der Waals surface area (Å²) in [5.41, 5.74) is 10.4. The molecule has 46 valence electrons. The van der Waals surface area contributed by atoms with E-state index in [4.69, 9.17) is 11.5 Å². The van der Waals surface area contributed by atoms with Crippen molar-refractivity contribution >= 4 is 0 Å². The monoisotopic (exact) mass is 106 g/mol. The molecular weight excluding hydrogens is 92.1 g/mol. The molecule has 0 amide bonds. The van der Waals surface area contributed by atoms with Crippen LogP contribution < -0.4 is 11.5 Å². The van der Waals surface area contributed by atoms with Crippen LogP contribution in [-0.2, 0) is 0 Å². The Morgan fingerprint density at radius 1 is 1.43 bits per heavy atom. The first-order valence-electron chi connectivity index (χ1n) is 2.05. The maximum Gasteiger partial charge on any atom is 0.0221 e. The molecule has 3 nitrogen and oxygen atoms in total. The minimum Gasteiger partial charge on any atom is -0.412 e. The summed E-state index contributed by atoms with van der Waals surface area (Å²) in [5, 5.41) is 0.